The lowest BCUT2D eigenvalue weighted by Crippen LogP contribution is -2.10. The second kappa shape index (κ2) is 5.69. The molecule has 0 amide bonds. The van der Waals surface area contributed by atoms with Gasteiger partial charge in [-0.1, -0.05) is 12.1 Å². The van der Waals surface area contributed by atoms with Crippen LogP contribution in [0.1, 0.15) is 11.4 Å². The summed E-state index contributed by atoms with van der Waals surface area (Å²) in [5.74, 6) is 1.03. The predicted octanol–water partition coefficient (Wildman–Crippen LogP) is 2.09. The molecule has 0 radical (unpaired) electrons. The molecule has 1 aromatic heterocycles. The molecule has 2 rings (SSSR count). The van der Waals surface area contributed by atoms with Gasteiger partial charge in [0.15, 0.2) is 0 Å². The summed E-state index contributed by atoms with van der Waals surface area (Å²) in [6, 6.07) is 8.53. The lowest BCUT2D eigenvalue weighted by atomic mass is 10.2. The molecule has 0 aliphatic carbocycles. The van der Waals surface area contributed by atoms with E-state index in [9.17, 15) is 0 Å². The number of aryl methyl sites for hydroxylation is 1. The van der Waals surface area contributed by atoms with Crippen LogP contribution >= 0.6 is 0 Å². The monoisotopic (exact) mass is 244 g/mol. The van der Waals surface area contributed by atoms with Gasteiger partial charge in [0.1, 0.15) is 5.82 Å². The fraction of sp³-hybridized carbons (Fsp3) is 0.357. The van der Waals surface area contributed by atoms with Gasteiger partial charge in [0.2, 0.25) is 0 Å². The van der Waals surface area contributed by atoms with Crippen molar-refractivity contribution in [3.05, 3.63) is 48.0 Å². The molecule has 0 saturated heterocycles. The SMILES string of the molecule is CN(C)Cc1ccc(NCc2nccn2C)cc1. The van der Waals surface area contributed by atoms with Gasteiger partial charge in [0.05, 0.1) is 6.54 Å². The van der Waals surface area contributed by atoms with Gasteiger partial charge in [0.25, 0.3) is 0 Å². The molecule has 4 nitrogen and oxygen atoms in total. The smallest absolute Gasteiger partial charge is 0.127 e. The van der Waals surface area contributed by atoms with E-state index >= 15 is 0 Å². The summed E-state index contributed by atoms with van der Waals surface area (Å²) < 4.78 is 2.02. The van der Waals surface area contributed by atoms with Crippen molar-refractivity contribution < 1.29 is 0 Å². The van der Waals surface area contributed by atoms with Gasteiger partial charge in [-0.2, -0.15) is 0 Å². The van der Waals surface area contributed by atoms with Crippen LogP contribution in [0, 0.1) is 0 Å². The topological polar surface area (TPSA) is 33.1 Å². The van der Waals surface area contributed by atoms with Crippen molar-refractivity contribution in [1.29, 1.82) is 0 Å². The van der Waals surface area contributed by atoms with Gasteiger partial charge in [-0.3, -0.25) is 0 Å². The minimum absolute atomic E-state index is 0.747. The molecular weight excluding hydrogens is 224 g/mol. The Kier molecular flexibility index (Phi) is 3.99. The van der Waals surface area contributed by atoms with Gasteiger partial charge >= 0.3 is 0 Å². The second-order valence-electron chi connectivity index (χ2n) is 4.74. The first-order valence-electron chi connectivity index (χ1n) is 6.09. The molecule has 0 fully saturated rings. The highest BCUT2D eigenvalue weighted by Crippen LogP contribution is 2.11. The van der Waals surface area contributed by atoms with E-state index < -0.39 is 0 Å². The molecule has 0 atom stereocenters. The Morgan fingerprint density at radius 3 is 2.50 bits per heavy atom. The van der Waals surface area contributed by atoms with Crippen LogP contribution < -0.4 is 5.32 Å². The number of anilines is 1. The van der Waals surface area contributed by atoms with E-state index in [4.69, 9.17) is 0 Å². The van der Waals surface area contributed by atoms with Crippen molar-refractivity contribution in [2.45, 2.75) is 13.1 Å². The normalized spacial score (nSPS) is 10.9. The Bertz CT molecular complexity index is 485. The molecule has 0 saturated carbocycles. The zero-order chi connectivity index (χ0) is 13.0. The molecule has 18 heavy (non-hydrogen) atoms. The van der Waals surface area contributed by atoms with Crippen molar-refractivity contribution >= 4 is 5.69 Å². The molecule has 0 bridgehead atoms. The average Bonchev–Trinajstić information content (AvgIpc) is 2.73. The fourth-order valence-corrected chi connectivity index (χ4v) is 1.84. The van der Waals surface area contributed by atoms with E-state index in [-0.39, 0.29) is 0 Å². The highest BCUT2D eigenvalue weighted by atomic mass is 15.1. The molecule has 0 aliphatic heterocycles. The Balaban J connectivity index is 1.92. The van der Waals surface area contributed by atoms with Crippen molar-refractivity contribution in [2.75, 3.05) is 19.4 Å². The van der Waals surface area contributed by atoms with E-state index in [1.165, 1.54) is 5.56 Å². The molecule has 0 spiro atoms. The lowest BCUT2D eigenvalue weighted by Gasteiger charge is -2.11. The zero-order valence-electron chi connectivity index (χ0n) is 11.2. The quantitative estimate of drug-likeness (QED) is 0.874. The first kappa shape index (κ1) is 12.6. The van der Waals surface area contributed by atoms with Crippen molar-refractivity contribution in [2.24, 2.45) is 7.05 Å². The summed E-state index contributed by atoms with van der Waals surface area (Å²) in [6.07, 6.45) is 3.77. The number of nitrogens with zero attached hydrogens (tertiary/aromatic N) is 3. The van der Waals surface area contributed by atoms with Crippen LogP contribution in [-0.2, 0) is 20.1 Å². The minimum atomic E-state index is 0.747. The van der Waals surface area contributed by atoms with Gasteiger partial charge in [-0.25, -0.2) is 4.98 Å². The number of hydrogen-bond acceptors (Lipinski definition) is 3. The number of nitrogens with one attached hydrogen (secondary N) is 1. The second-order valence-corrected chi connectivity index (χ2v) is 4.74. The summed E-state index contributed by atoms with van der Waals surface area (Å²) in [5.41, 5.74) is 2.45. The number of aromatic nitrogens is 2. The molecule has 1 N–H and O–H groups in total. The van der Waals surface area contributed by atoms with E-state index in [1.54, 1.807) is 0 Å². The summed E-state index contributed by atoms with van der Waals surface area (Å²) in [7, 11) is 6.16. The van der Waals surface area contributed by atoms with Crippen LogP contribution in [0.15, 0.2) is 36.7 Å². The van der Waals surface area contributed by atoms with E-state index in [2.05, 4.69) is 53.6 Å². The van der Waals surface area contributed by atoms with Crippen LogP contribution in [0.5, 0.6) is 0 Å². The van der Waals surface area contributed by atoms with Crippen molar-refractivity contribution in [3.8, 4) is 0 Å². The molecule has 0 aliphatic rings. The third kappa shape index (κ3) is 3.34. The van der Waals surface area contributed by atoms with E-state index in [0.29, 0.717) is 0 Å². The Hall–Kier alpha value is -1.81. The average molecular weight is 244 g/mol. The third-order valence-corrected chi connectivity index (χ3v) is 2.82. The highest BCUT2D eigenvalue weighted by Gasteiger charge is 1.99. The minimum Gasteiger partial charge on any atom is -0.378 e. The number of benzene rings is 1. The Morgan fingerprint density at radius 2 is 1.94 bits per heavy atom. The van der Waals surface area contributed by atoms with Crippen LogP contribution in [-0.4, -0.2) is 28.5 Å². The fourth-order valence-electron chi connectivity index (χ4n) is 1.84. The van der Waals surface area contributed by atoms with Crippen LogP contribution in [0.2, 0.25) is 0 Å². The number of hydrogen-bond donors (Lipinski definition) is 1. The van der Waals surface area contributed by atoms with Gasteiger partial charge in [0, 0.05) is 31.7 Å². The van der Waals surface area contributed by atoms with Crippen LogP contribution in [0.3, 0.4) is 0 Å². The molecular formula is C14H20N4. The summed E-state index contributed by atoms with van der Waals surface area (Å²) in [5, 5.41) is 3.37. The zero-order valence-corrected chi connectivity index (χ0v) is 11.2. The van der Waals surface area contributed by atoms with Crippen LogP contribution in [0.25, 0.3) is 0 Å². The first-order chi connectivity index (χ1) is 8.65. The highest BCUT2D eigenvalue weighted by molar-refractivity contribution is 5.44. The van der Waals surface area contributed by atoms with Crippen molar-refractivity contribution in [1.82, 2.24) is 14.5 Å². The summed E-state index contributed by atoms with van der Waals surface area (Å²) in [4.78, 5) is 6.44. The molecule has 1 heterocycles. The van der Waals surface area contributed by atoms with Gasteiger partial charge in [-0.15, -0.1) is 0 Å². The largest absolute Gasteiger partial charge is 0.378 e. The molecule has 0 unspecified atom stereocenters. The maximum atomic E-state index is 4.28. The number of rotatable bonds is 5. The van der Waals surface area contributed by atoms with Crippen LogP contribution in [0.4, 0.5) is 5.69 Å². The molecule has 4 heteroatoms. The lowest BCUT2D eigenvalue weighted by molar-refractivity contribution is 0.402. The summed E-state index contributed by atoms with van der Waals surface area (Å²) in [6.45, 7) is 1.72. The first-order valence-corrected chi connectivity index (χ1v) is 6.09. The molecule has 96 valence electrons. The molecule has 1 aromatic carbocycles. The third-order valence-electron chi connectivity index (χ3n) is 2.82. The summed E-state index contributed by atoms with van der Waals surface area (Å²) >= 11 is 0. The number of imidazole rings is 1. The van der Waals surface area contributed by atoms with E-state index in [1.807, 2.05) is 24.0 Å². The maximum Gasteiger partial charge on any atom is 0.127 e. The van der Waals surface area contributed by atoms with E-state index in [0.717, 1.165) is 24.6 Å². The standard InChI is InChI=1S/C14H20N4/c1-17(2)11-12-4-6-13(7-5-12)16-10-14-15-8-9-18(14)3/h4-9,16H,10-11H2,1-3H3. The molecule has 2 aromatic rings. The maximum absolute atomic E-state index is 4.28. The van der Waals surface area contributed by atoms with Gasteiger partial charge < -0.3 is 14.8 Å². The van der Waals surface area contributed by atoms with Crippen molar-refractivity contribution in [3.63, 3.8) is 0 Å². The Morgan fingerprint density at radius 1 is 1.22 bits per heavy atom. The predicted molar refractivity (Wildman–Crippen MR) is 74.4 cm³/mol. The Labute approximate surface area is 108 Å². The van der Waals surface area contributed by atoms with Gasteiger partial charge in [-0.05, 0) is 31.8 Å².